The number of ether oxygens (including phenoxy) is 2. The fourth-order valence-corrected chi connectivity index (χ4v) is 2.06. The predicted molar refractivity (Wildman–Crippen MR) is 92.2 cm³/mol. The van der Waals surface area contributed by atoms with Crippen molar-refractivity contribution in [3.8, 4) is 11.6 Å². The number of anilines is 1. The fourth-order valence-electron chi connectivity index (χ4n) is 2.06. The summed E-state index contributed by atoms with van der Waals surface area (Å²) in [6.07, 6.45) is 2.08. The average molecular weight is 344 g/mol. The smallest absolute Gasteiger partial charge is 0.303 e. The number of carbonyl (C=O) groups excluding carboxylic acids is 1. The lowest BCUT2D eigenvalue weighted by Gasteiger charge is -2.10. The molecule has 2 rings (SSSR count). The van der Waals surface area contributed by atoms with E-state index < -0.39 is 5.97 Å². The summed E-state index contributed by atoms with van der Waals surface area (Å²) in [7, 11) is 0. The number of hydrogen-bond donors (Lipinski definition) is 2. The van der Waals surface area contributed by atoms with Gasteiger partial charge >= 0.3 is 5.97 Å². The molecule has 0 bridgehead atoms. The van der Waals surface area contributed by atoms with E-state index in [1.807, 2.05) is 6.92 Å². The molecule has 132 valence electrons. The van der Waals surface area contributed by atoms with Crippen molar-refractivity contribution in [2.45, 2.75) is 19.8 Å². The molecule has 0 spiro atoms. The number of rotatable bonds is 9. The zero-order valence-electron chi connectivity index (χ0n) is 13.9. The Kier molecular flexibility index (Phi) is 6.76. The minimum atomic E-state index is -0.844. The van der Waals surface area contributed by atoms with Crippen LogP contribution >= 0.6 is 0 Å². The van der Waals surface area contributed by atoms with Crippen LogP contribution in [0.2, 0.25) is 0 Å². The second-order valence-corrected chi connectivity index (χ2v) is 5.11. The zero-order chi connectivity index (χ0) is 18.1. The lowest BCUT2D eigenvalue weighted by Crippen LogP contribution is -2.14. The van der Waals surface area contributed by atoms with E-state index in [0.29, 0.717) is 42.5 Å². The Morgan fingerprint density at radius 3 is 2.60 bits per heavy atom. The van der Waals surface area contributed by atoms with E-state index in [-0.39, 0.29) is 12.3 Å². The number of aromatic nitrogens is 1. The van der Waals surface area contributed by atoms with E-state index in [1.54, 1.807) is 42.6 Å². The van der Waals surface area contributed by atoms with E-state index in [4.69, 9.17) is 14.6 Å². The van der Waals surface area contributed by atoms with Crippen LogP contribution in [0.25, 0.3) is 0 Å². The number of benzene rings is 1. The molecular formula is C18H20N2O5. The van der Waals surface area contributed by atoms with Crippen LogP contribution in [-0.4, -0.2) is 35.2 Å². The molecule has 0 unspecified atom stereocenters. The van der Waals surface area contributed by atoms with Gasteiger partial charge in [-0.05, 0) is 49.7 Å². The number of carbonyl (C=O) groups is 2. The summed E-state index contributed by atoms with van der Waals surface area (Å²) >= 11 is 0. The highest BCUT2D eigenvalue weighted by atomic mass is 16.5. The Morgan fingerprint density at radius 1 is 1.16 bits per heavy atom. The molecule has 0 saturated heterocycles. The monoisotopic (exact) mass is 344 g/mol. The Morgan fingerprint density at radius 2 is 1.92 bits per heavy atom. The maximum Gasteiger partial charge on any atom is 0.303 e. The van der Waals surface area contributed by atoms with Gasteiger partial charge in [0.05, 0.1) is 13.2 Å². The Labute approximate surface area is 145 Å². The maximum absolute atomic E-state index is 12.4. The van der Waals surface area contributed by atoms with Crippen molar-refractivity contribution >= 4 is 17.6 Å². The predicted octanol–water partition coefficient (Wildman–Crippen LogP) is 2.98. The molecular weight excluding hydrogens is 324 g/mol. The third kappa shape index (κ3) is 5.80. The highest BCUT2D eigenvalue weighted by Gasteiger charge is 2.13. The zero-order valence-corrected chi connectivity index (χ0v) is 13.9. The molecule has 0 aliphatic heterocycles. The topological polar surface area (TPSA) is 97.8 Å². The van der Waals surface area contributed by atoms with Gasteiger partial charge in [0.25, 0.3) is 5.91 Å². The summed E-state index contributed by atoms with van der Waals surface area (Å²) in [5, 5.41) is 11.3. The van der Waals surface area contributed by atoms with Gasteiger partial charge in [-0.3, -0.25) is 9.59 Å². The lowest BCUT2D eigenvalue weighted by atomic mass is 10.2. The summed E-state index contributed by atoms with van der Waals surface area (Å²) in [6, 6.07) is 10.2. The first kappa shape index (κ1) is 18.3. The van der Waals surface area contributed by atoms with E-state index in [1.165, 1.54) is 0 Å². The van der Waals surface area contributed by atoms with Crippen molar-refractivity contribution in [1.29, 1.82) is 0 Å². The molecule has 2 N–H and O–H groups in total. The first-order chi connectivity index (χ1) is 12.1. The SMILES string of the molecule is CCOc1ncccc1C(=O)Nc1ccc(OCCCC(=O)O)cc1. The molecule has 7 nitrogen and oxygen atoms in total. The molecule has 7 heteroatoms. The number of nitrogens with one attached hydrogen (secondary N) is 1. The van der Waals surface area contributed by atoms with Crippen molar-refractivity contribution in [1.82, 2.24) is 4.98 Å². The number of carboxylic acid groups (broad SMARTS) is 1. The molecule has 1 heterocycles. The van der Waals surface area contributed by atoms with E-state index in [9.17, 15) is 9.59 Å². The Bertz CT molecular complexity index is 716. The molecule has 0 fully saturated rings. The summed E-state index contributed by atoms with van der Waals surface area (Å²) in [5.41, 5.74) is 0.965. The van der Waals surface area contributed by atoms with Crippen molar-refractivity contribution in [3.63, 3.8) is 0 Å². The number of hydrogen-bond acceptors (Lipinski definition) is 5. The number of pyridine rings is 1. The van der Waals surface area contributed by atoms with E-state index >= 15 is 0 Å². The van der Waals surface area contributed by atoms with Gasteiger partial charge in [0, 0.05) is 18.3 Å². The lowest BCUT2D eigenvalue weighted by molar-refractivity contribution is -0.137. The molecule has 0 radical (unpaired) electrons. The molecule has 2 aromatic rings. The van der Waals surface area contributed by atoms with Crippen LogP contribution in [0, 0.1) is 0 Å². The third-order valence-electron chi connectivity index (χ3n) is 3.21. The molecule has 0 atom stereocenters. The van der Waals surface area contributed by atoms with Crippen LogP contribution in [0.15, 0.2) is 42.6 Å². The molecule has 0 aliphatic rings. The Hall–Kier alpha value is -3.09. The summed E-state index contributed by atoms with van der Waals surface area (Å²) < 4.78 is 10.8. The normalized spacial score (nSPS) is 10.1. The van der Waals surface area contributed by atoms with Gasteiger partial charge in [-0.1, -0.05) is 0 Å². The van der Waals surface area contributed by atoms with E-state index in [0.717, 1.165) is 0 Å². The summed E-state index contributed by atoms with van der Waals surface area (Å²) in [5.74, 6) is -0.254. The Balaban J connectivity index is 1.92. The second kappa shape index (κ2) is 9.27. The molecule has 1 aromatic carbocycles. The van der Waals surface area contributed by atoms with Gasteiger partial charge in [0.2, 0.25) is 5.88 Å². The standard InChI is InChI=1S/C18H20N2O5/c1-2-24-18-15(5-3-11-19-18)17(23)20-13-7-9-14(10-8-13)25-12-4-6-16(21)22/h3,5,7-11H,2,4,6,12H2,1H3,(H,20,23)(H,21,22). The van der Waals surface area contributed by atoms with Crippen LogP contribution in [0.1, 0.15) is 30.1 Å². The van der Waals surface area contributed by atoms with Crippen molar-refractivity contribution in [3.05, 3.63) is 48.2 Å². The largest absolute Gasteiger partial charge is 0.494 e. The van der Waals surface area contributed by atoms with Crippen molar-refractivity contribution in [2.75, 3.05) is 18.5 Å². The molecule has 0 aliphatic carbocycles. The summed E-state index contributed by atoms with van der Waals surface area (Å²) in [4.78, 5) is 26.8. The van der Waals surface area contributed by atoms with Crippen molar-refractivity contribution in [2.24, 2.45) is 0 Å². The third-order valence-corrected chi connectivity index (χ3v) is 3.21. The van der Waals surface area contributed by atoms with Gasteiger partial charge in [0.15, 0.2) is 0 Å². The van der Waals surface area contributed by atoms with Gasteiger partial charge in [0.1, 0.15) is 11.3 Å². The van der Waals surface area contributed by atoms with Gasteiger partial charge in [-0.2, -0.15) is 0 Å². The van der Waals surface area contributed by atoms with Crippen LogP contribution in [-0.2, 0) is 4.79 Å². The van der Waals surface area contributed by atoms with Crippen LogP contribution < -0.4 is 14.8 Å². The number of amides is 1. The highest BCUT2D eigenvalue weighted by Crippen LogP contribution is 2.19. The van der Waals surface area contributed by atoms with Crippen LogP contribution in [0.3, 0.4) is 0 Å². The molecule has 0 saturated carbocycles. The van der Waals surface area contributed by atoms with Gasteiger partial charge in [-0.25, -0.2) is 4.98 Å². The fraction of sp³-hybridized carbons (Fsp3) is 0.278. The van der Waals surface area contributed by atoms with Gasteiger partial charge in [-0.15, -0.1) is 0 Å². The first-order valence-electron chi connectivity index (χ1n) is 7.94. The maximum atomic E-state index is 12.4. The molecule has 25 heavy (non-hydrogen) atoms. The molecule has 1 amide bonds. The first-order valence-corrected chi connectivity index (χ1v) is 7.94. The number of aliphatic carboxylic acids is 1. The number of carboxylic acids is 1. The van der Waals surface area contributed by atoms with E-state index in [2.05, 4.69) is 10.3 Å². The van der Waals surface area contributed by atoms with Crippen LogP contribution in [0.4, 0.5) is 5.69 Å². The average Bonchev–Trinajstić information content (AvgIpc) is 2.60. The minimum Gasteiger partial charge on any atom is -0.494 e. The summed E-state index contributed by atoms with van der Waals surface area (Å²) in [6.45, 7) is 2.57. The number of nitrogens with zero attached hydrogens (tertiary/aromatic N) is 1. The second-order valence-electron chi connectivity index (χ2n) is 5.11. The molecule has 1 aromatic heterocycles. The van der Waals surface area contributed by atoms with Crippen molar-refractivity contribution < 1.29 is 24.2 Å². The minimum absolute atomic E-state index is 0.0708. The highest BCUT2D eigenvalue weighted by molar-refractivity contribution is 6.05. The quantitative estimate of drug-likeness (QED) is 0.679. The van der Waals surface area contributed by atoms with Gasteiger partial charge < -0.3 is 19.9 Å². The van der Waals surface area contributed by atoms with Crippen LogP contribution in [0.5, 0.6) is 11.6 Å².